The van der Waals surface area contributed by atoms with E-state index in [9.17, 15) is 0 Å². The van der Waals surface area contributed by atoms with E-state index in [-0.39, 0.29) is 0 Å². The monoisotopic (exact) mass is 422 g/mol. The van der Waals surface area contributed by atoms with E-state index in [2.05, 4.69) is 28.3 Å². The molecule has 7 heteroatoms. The van der Waals surface area contributed by atoms with Gasteiger partial charge in [-0.15, -0.1) is 0 Å². The van der Waals surface area contributed by atoms with Crippen LogP contribution in [0.1, 0.15) is 23.1 Å². The highest BCUT2D eigenvalue weighted by atomic mass is 16.5. The number of nitrogens with zero attached hydrogens (tertiary/aromatic N) is 6. The third-order valence-electron chi connectivity index (χ3n) is 6.08. The fraction of sp³-hybridized carbons (Fsp3) is 0.200. The van der Waals surface area contributed by atoms with Crippen LogP contribution in [0.4, 0.5) is 0 Å². The standard InChI is InChI=1S/C25H22N6O/c1-32-20-12-23-25(27-14-20)24(19-13-28-30(16-19)15-17-8-10-26-11-9-17)29-31(23)22-7-3-5-18-4-2-6-21(18)22/h3,5,7-14,16H,2,4,6,15H2,1H3. The van der Waals surface area contributed by atoms with Crippen LogP contribution in [0.5, 0.6) is 5.75 Å². The fourth-order valence-electron chi connectivity index (χ4n) is 4.52. The molecule has 4 heterocycles. The topological polar surface area (TPSA) is 70.7 Å². The molecule has 1 aromatic carbocycles. The van der Waals surface area contributed by atoms with Gasteiger partial charge in [-0.25, -0.2) is 9.67 Å². The van der Waals surface area contributed by atoms with Crippen molar-refractivity contribution < 1.29 is 4.74 Å². The molecule has 1 aliphatic rings. The van der Waals surface area contributed by atoms with Gasteiger partial charge >= 0.3 is 0 Å². The van der Waals surface area contributed by atoms with Gasteiger partial charge in [-0.1, -0.05) is 12.1 Å². The number of aromatic nitrogens is 6. The zero-order valence-corrected chi connectivity index (χ0v) is 17.8. The molecule has 0 fully saturated rings. The largest absolute Gasteiger partial charge is 0.495 e. The lowest BCUT2D eigenvalue weighted by molar-refractivity contribution is 0.413. The van der Waals surface area contributed by atoms with Gasteiger partial charge in [0.2, 0.25) is 0 Å². The lowest BCUT2D eigenvalue weighted by atomic mass is 10.1. The molecule has 5 aromatic rings. The van der Waals surface area contributed by atoms with Crippen molar-refractivity contribution in [2.45, 2.75) is 25.8 Å². The minimum absolute atomic E-state index is 0.675. The van der Waals surface area contributed by atoms with E-state index in [1.165, 1.54) is 17.5 Å². The summed E-state index contributed by atoms with van der Waals surface area (Å²) in [6.45, 7) is 0.675. The first-order valence-corrected chi connectivity index (χ1v) is 10.8. The maximum absolute atomic E-state index is 5.47. The van der Waals surface area contributed by atoms with Gasteiger partial charge in [-0.2, -0.15) is 10.2 Å². The second kappa shape index (κ2) is 7.60. The predicted octanol–water partition coefficient (Wildman–Crippen LogP) is 4.22. The van der Waals surface area contributed by atoms with Gasteiger partial charge in [0, 0.05) is 30.2 Å². The summed E-state index contributed by atoms with van der Waals surface area (Å²) in [4.78, 5) is 8.79. The Morgan fingerprint density at radius 1 is 1.06 bits per heavy atom. The molecular formula is C25H22N6O. The van der Waals surface area contributed by atoms with E-state index < -0.39 is 0 Å². The normalized spacial score (nSPS) is 12.9. The van der Waals surface area contributed by atoms with Crippen molar-refractivity contribution in [3.8, 4) is 22.7 Å². The Morgan fingerprint density at radius 3 is 2.84 bits per heavy atom. The Kier molecular flexibility index (Phi) is 4.45. The van der Waals surface area contributed by atoms with Gasteiger partial charge in [0.05, 0.1) is 37.3 Å². The summed E-state index contributed by atoms with van der Waals surface area (Å²) in [7, 11) is 1.66. The smallest absolute Gasteiger partial charge is 0.139 e. The maximum Gasteiger partial charge on any atom is 0.139 e. The molecule has 1 aliphatic carbocycles. The van der Waals surface area contributed by atoms with Crippen LogP contribution in [0.25, 0.3) is 28.0 Å². The molecule has 0 amide bonds. The summed E-state index contributed by atoms with van der Waals surface area (Å²) in [6.07, 6.45) is 12.6. The van der Waals surface area contributed by atoms with Crippen molar-refractivity contribution in [2.24, 2.45) is 0 Å². The van der Waals surface area contributed by atoms with Crippen LogP contribution >= 0.6 is 0 Å². The van der Waals surface area contributed by atoms with Gasteiger partial charge in [0.1, 0.15) is 17.0 Å². The SMILES string of the molecule is COc1cnc2c(-c3cnn(Cc4ccncc4)c3)nn(-c3cccc4c3CCC4)c2c1. The zero-order valence-electron chi connectivity index (χ0n) is 17.8. The minimum Gasteiger partial charge on any atom is -0.495 e. The fourth-order valence-corrected chi connectivity index (χ4v) is 4.52. The van der Waals surface area contributed by atoms with Crippen LogP contribution in [0.15, 0.2) is 67.4 Å². The molecule has 0 atom stereocenters. The van der Waals surface area contributed by atoms with Crippen LogP contribution in [0, 0.1) is 0 Å². The highest BCUT2D eigenvalue weighted by Crippen LogP contribution is 2.34. The Balaban J connectivity index is 1.48. The number of methoxy groups -OCH3 is 1. The van der Waals surface area contributed by atoms with Gasteiger partial charge in [-0.05, 0) is 54.2 Å². The molecule has 32 heavy (non-hydrogen) atoms. The third kappa shape index (κ3) is 3.13. The van der Waals surface area contributed by atoms with Crippen LogP contribution in [-0.4, -0.2) is 36.6 Å². The van der Waals surface area contributed by atoms with Crippen LogP contribution in [0.3, 0.4) is 0 Å². The van der Waals surface area contributed by atoms with Crippen molar-refractivity contribution >= 4 is 11.0 Å². The lowest BCUT2D eigenvalue weighted by Gasteiger charge is -2.10. The second-order valence-electron chi connectivity index (χ2n) is 8.05. The molecular weight excluding hydrogens is 400 g/mol. The number of pyridine rings is 2. The van der Waals surface area contributed by atoms with Crippen molar-refractivity contribution in [1.82, 2.24) is 29.5 Å². The summed E-state index contributed by atoms with van der Waals surface area (Å²) < 4.78 is 9.40. The first-order chi connectivity index (χ1) is 15.8. The predicted molar refractivity (Wildman–Crippen MR) is 122 cm³/mol. The number of aryl methyl sites for hydroxylation is 1. The van der Waals surface area contributed by atoms with E-state index in [1.54, 1.807) is 25.7 Å². The molecule has 0 bridgehead atoms. The third-order valence-corrected chi connectivity index (χ3v) is 6.08. The van der Waals surface area contributed by atoms with Gasteiger partial charge < -0.3 is 4.74 Å². The van der Waals surface area contributed by atoms with Crippen LogP contribution in [0.2, 0.25) is 0 Å². The summed E-state index contributed by atoms with van der Waals surface area (Å²) in [5.74, 6) is 0.714. The summed E-state index contributed by atoms with van der Waals surface area (Å²) >= 11 is 0. The van der Waals surface area contributed by atoms with Gasteiger partial charge in [0.15, 0.2) is 0 Å². The quantitative estimate of drug-likeness (QED) is 0.424. The number of benzene rings is 1. The van der Waals surface area contributed by atoms with E-state index >= 15 is 0 Å². The van der Waals surface area contributed by atoms with E-state index in [0.29, 0.717) is 12.3 Å². The zero-order chi connectivity index (χ0) is 21.5. The average molecular weight is 422 g/mol. The Labute approximate surface area is 185 Å². The molecule has 158 valence electrons. The van der Waals surface area contributed by atoms with E-state index in [4.69, 9.17) is 14.8 Å². The summed E-state index contributed by atoms with van der Waals surface area (Å²) in [6, 6.07) is 12.5. The average Bonchev–Trinajstić information content (AvgIpc) is 3.57. The molecule has 0 unspecified atom stereocenters. The molecule has 6 rings (SSSR count). The first kappa shape index (κ1) is 18.7. The molecule has 0 radical (unpaired) electrons. The molecule has 0 aliphatic heterocycles. The Hall–Kier alpha value is -4.00. The lowest BCUT2D eigenvalue weighted by Crippen LogP contribution is -2.01. The van der Waals surface area contributed by atoms with E-state index in [1.807, 2.05) is 40.0 Å². The maximum atomic E-state index is 5.47. The Bertz CT molecular complexity index is 1420. The molecule has 0 saturated heterocycles. The number of rotatable bonds is 5. The van der Waals surface area contributed by atoms with Crippen LogP contribution < -0.4 is 4.74 Å². The molecule has 0 N–H and O–H groups in total. The number of fused-ring (bicyclic) bond motifs is 2. The van der Waals surface area contributed by atoms with Gasteiger partial charge in [-0.3, -0.25) is 9.67 Å². The van der Waals surface area contributed by atoms with Crippen molar-refractivity contribution in [1.29, 1.82) is 0 Å². The molecule has 7 nitrogen and oxygen atoms in total. The van der Waals surface area contributed by atoms with Crippen molar-refractivity contribution in [2.75, 3.05) is 7.11 Å². The number of ether oxygens (including phenoxy) is 1. The summed E-state index contributed by atoms with van der Waals surface area (Å²) in [5, 5.41) is 9.60. The number of hydrogen-bond donors (Lipinski definition) is 0. The Morgan fingerprint density at radius 2 is 1.97 bits per heavy atom. The first-order valence-electron chi connectivity index (χ1n) is 10.8. The summed E-state index contributed by atoms with van der Waals surface area (Å²) in [5.41, 5.74) is 8.58. The van der Waals surface area contributed by atoms with Crippen molar-refractivity contribution in [3.63, 3.8) is 0 Å². The molecule has 4 aromatic heterocycles. The second-order valence-corrected chi connectivity index (χ2v) is 8.05. The highest BCUT2D eigenvalue weighted by molar-refractivity contribution is 5.91. The van der Waals surface area contributed by atoms with E-state index in [0.717, 1.165) is 46.4 Å². The van der Waals surface area contributed by atoms with Crippen molar-refractivity contribution in [3.05, 3.63) is 84.1 Å². The minimum atomic E-state index is 0.675. The van der Waals surface area contributed by atoms with Crippen LogP contribution in [-0.2, 0) is 19.4 Å². The molecule has 0 spiro atoms. The van der Waals surface area contributed by atoms with Gasteiger partial charge in [0.25, 0.3) is 0 Å². The number of hydrogen-bond acceptors (Lipinski definition) is 5. The molecule has 0 saturated carbocycles. The highest BCUT2D eigenvalue weighted by Gasteiger charge is 2.21.